The van der Waals surface area contributed by atoms with Crippen molar-refractivity contribution < 1.29 is 14.7 Å². The number of hydrogen-bond donors (Lipinski definition) is 2. The molecule has 2 unspecified atom stereocenters. The molecule has 0 radical (unpaired) electrons. The Kier molecular flexibility index (Phi) is 3.69. The number of hydrogen-bond acceptors (Lipinski definition) is 4. The molecule has 1 saturated heterocycles. The first-order valence-corrected chi connectivity index (χ1v) is 6.24. The third-order valence-electron chi connectivity index (χ3n) is 3.62. The molecule has 0 bridgehead atoms. The lowest BCUT2D eigenvalue weighted by Crippen LogP contribution is -2.46. The van der Waals surface area contributed by atoms with Gasteiger partial charge >= 0.3 is 5.97 Å². The van der Waals surface area contributed by atoms with Gasteiger partial charge in [-0.2, -0.15) is 0 Å². The van der Waals surface area contributed by atoms with E-state index in [1.807, 2.05) is 11.8 Å². The van der Waals surface area contributed by atoms with Crippen molar-refractivity contribution in [3.05, 3.63) is 24.0 Å². The maximum atomic E-state index is 11.3. The number of carboxylic acids is 1. The zero-order valence-corrected chi connectivity index (χ0v) is 10.7. The van der Waals surface area contributed by atoms with Crippen LogP contribution in [0.1, 0.15) is 30.1 Å². The van der Waals surface area contributed by atoms with E-state index in [1.165, 1.54) is 6.20 Å². The quantitative estimate of drug-likeness (QED) is 0.843. The van der Waals surface area contributed by atoms with E-state index in [0.717, 1.165) is 12.8 Å². The number of piperidine rings is 1. The van der Waals surface area contributed by atoms with E-state index in [-0.39, 0.29) is 23.4 Å². The first kappa shape index (κ1) is 13.3. The lowest BCUT2D eigenvalue weighted by Gasteiger charge is -2.39. The summed E-state index contributed by atoms with van der Waals surface area (Å²) >= 11 is 0. The van der Waals surface area contributed by atoms with Crippen LogP contribution in [0.4, 0.5) is 5.69 Å². The van der Waals surface area contributed by atoms with Gasteiger partial charge in [-0.1, -0.05) is 0 Å². The summed E-state index contributed by atoms with van der Waals surface area (Å²) in [5.41, 5.74) is 6.11. The highest BCUT2D eigenvalue weighted by Crippen LogP contribution is 2.29. The Morgan fingerprint density at radius 2 is 2.21 bits per heavy atom. The van der Waals surface area contributed by atoms with Crippen LogP contribution in [0.15, 0.2) is 18.5 Å². The number of primary amides is 1. The molecule has 1 fully saturated rings. The standard InChI is InChI=1S/C13H17N3O3/c1-8-2-3-9(12(14)17)7-16(8)11-4-5-15-6-10(11)13(18)19/h4-6,8-9H,2-3,7H2,1H3,(H2,14,17)(H,18,19). The average Bonchev–Trinajstić information content (AvgIpc) is 2.39. The number of anilines is 1. The van der Waals surface area contributed by atoms with Crippen molar-refractivity contribution in [2.75, 3.05) is 11.4 Å². The molecule has 1 amide bonds. The number of carboxylic acid groups (broad SMARTS) is 1. The number of carbonyl (C=O) groups excluding carboxylic acids is 1. The topological polar surface area (TPSA) is 96.5 Å². The summed E-state index contributed by atoms with van der Waals surface area (Å²) in [4.78, 5) is 28.3. The van der Waals surface area contributed by atoms with Gasteiger partial charge in [0.05, 0.1) is 11.6 Å². The second kappa shape index (κ2) is 5.26. The number of pyridine rings is 1. The van der Waals surface area contributed by atoms with Crippen LogP contribution in [-0.2, 0) is 4.79 Å². The van der Waals surface area contributed by atoms with Crippen LogP contribution in [0.5, 0.6) is 0 Å². The van der Waals surface area contributed by atoms with Gasteiger partial charge in [-0.15, -0.1) is 0 Å². The molecule has 0 spiro atoms. The van der Waals surface area contributed by atoms with E-state index < -0.39 is 5.97 Å². The highest BCUT2D eigenvalue weighted by atomic mass is 16.4. The predicted octanol–water partition coefficient (Wildman–Crippen LogP) is 0.870. The van der Waals surface area contributed by atoms with Gasteiger partial charge in [-0.25, -0.2) is 4.79 Å². The molecule has 1 aromatic rings. The molecule has 2 atom stereocenters. The number of rotatable bonds is 3. The first-order valence-electron chi connectivity index (χ1n) is 6.24. The highest BCUT2D eigenvalue weighted by Gasteiger charge is 2.30. The number of aromatic carboxylic acids is 1. The number of aromatic nitrogens is 1. The maximum Gasteiger partial charge on any atom is 0.339 e. The minimum Gasteiger partial charge on any atom is -0.478 e. The Morgan fingerprint density at radius 1 is 1.47 bits per heavy atom. The SMILES string of the molecule is CC1CCC(C(N)=O)CN1c1ccncc1C(=O)O. The van der Waals surface area contributed by atoms with Gasteiger partial charge in [0.1, 0.15) is 5.56 Å². The first-order chi connectivity index (χ1) is 9.00. The van der Waals surface area contributed by atoms with Crippen molar-refractivity contribution in [2.24, 2.45) is 11.7 Å². The van der Waals surface area contributed by atoms with E-state index in [1.54, 1.807) is 12.3 Å². The zero-order valence-electron chi connectivity index (χ0n) is 10.7. The molecular weight excluding hydrogens is 246 g/mol. The second-order valence-electron chi connectivity index (χ2n) is 4.88. The van der Waals surface area contributed by atoms with Crippen LogP contribution in [0.25, 0.3) is 0 Å². The van der Waals surface area contributed by atoms with E-state index in [9.17, 15) is 14.7 Å². The third kappa shape index (κ3) is 2.67. The monoisotopic (exact) mass is 263 g/mol. The molecule has 0 saturated carbocycles. The summed E-state index contributed by atoms with van der Waals surface area (Å²) < 4.78 is 0. The van der Waals surface area contributed by atoms with Gasteiger partial charge in [0, 0.05) is 25.0 Å². The fraction of sp³-hybridized carbons (Fsp3) is 0.462. The van der Waals surface area contributed by atoms with Crippen LogP contribution in [0, 0.1) is 5.92 Å². The molecule has 0 aromatic carbocycles. The molecule has 2 rings (SSSR count). The Bertz CT molecular complexity index is 504. The van der Waals surface area contributed by atoms with E-state index in [0.29, 0.717) is 12.2 Å². The average molecular weight is 263 g/mol. The fourth-order valence-corrected chi connectivity index (χ4v) is 2.48. The van der Waals surface area contributed by atoms with Crippen LogP contribution >= 0.6 is 0 Å². The highest BCUT2D eigenvalue weighted by molar-refractivity contribution is 5.94. The van der Waals surface area contributed by atoms with Crippen molar-refractivity contribution in [1.82, 2.24) is 4.98 Å². The minimum absolute atomic E-state index is 0.152. The summed E-state index contributed by atoms with van der Waals surface area (Å²) in [6, 6.07) is 1.85. The Labute approximate surface area is 111 Å². The lowest BCUT2D eigenvalue weighted by atomic mass is 9.92. The summed E-state index contributed by atoms with van der Waals surface area (Å²) in [6.45, 7) is 2.48. The van der Waals surface area contributed by atoms with Crippen molar-refractivity contribution in [3.63, 3.8) is 0 Å². The molecule has 1 aliphatic heterocycles. The van der Waals surface area contributed by atoms with Gasteiger partial charge in [-0.3, -0.25) is 9.78 Å². The van der Waals surface area contributed by atoms with Gasteiger partial charge < -0.3 is 15.7 Å². The number of carbonyl (C=O) groups is 2. The zero-order chi connectivity index (χ0) is 14.0. The molecule has 6 heteroatoms. The Hall–Kier alpha value is -2.11. The number of amides is 1. The van der Waals surface area contributed by atoms with Crippen molar-refractivity contribution in [1.29, 1.82) is 0 Å². The molecule has 3 N–H and O–H groups in total. The van der Waals surface area contributed by atoms with E-state index in [4.69, 9.17) is 5.73 Å². The molecule has 0 aliphatic carbocycles. The normalized spacial score (nSPS) is 23.1. The molecule has 1 aromatic heterocycles. The fourth-order valence-electron chi connectivity index (χ4n) is 2.48. The van der Waals surface area contributed by atoms with Gasteiger partial charge in [0.15, 0.2) is 0 Å². The summed E-state index contributed by atoms with van der Waals surface area (Å²) in [5, 5.41) is 9.20. The van der Waals surface area contributed by atoms with Crippen LogP contribution in [0.3, 0.4) is 0 Å². The molecular formula is C13H17N3O3. The molecule has 2 heterocycles. The summed E-state index contributed by atoms with van der Waals surface area (Å²) in [6.07, 6.45) is 4.45. The van der Waals surface area contributed by atoms with Crippen LogP contribution < -0.4 is 10.6 Å². The number of nitrogens with two attached hydrogens (primary N) is 1. The Balaban J connectivity index is 2.33. The van der Waals surface area contributed by atoms with Gasteiger partial charge in [0.25, 0.3) is 0 Å². The second-order valence-corrected chi connectivity index (χ2v) is 4.88. The molecule has 1 aliphatic rings. The van der Waals surface area contributed by atoms with Gasteiger partial charge in [0.2, 0.25) is 5.91 Å². The van der Waals surface area contributed by atoms with Crippen molar-refractivity contribution in [3.8, 4) is 0 Å². The third-order valence-corrected chi connectivity index (χ3v) is 3.62. The Morgan fingerprint density at radius 3 is 2.84 bits per heavy atom. The van der Waals surface area contributed by atoms with Crippen molar-refractivity contribution >= 4 is 17.6 Å². The van der Waals surface area contributed by atoms with E-state index >= 15 is 0 Å². The van der Waals surface area contributed by atoms with Crippen molar-refractivity contribution in [2.45, 2.75) is 25.8 Å². The smallest absolute Gasteiger partial charge is 0.339 e. The largest absolute Gasteiger partial charge is 0.478 e. The minimum atomic E-state index is -1.02. The number of nitrogens with zero attached hydrogens (tertiary/aromatic N) is 2. The molecule has 102 valence electrons. The van der Waals surface area contributed by atoms with Crippen LogP contribution in [-0.4, -0.2) is 34.6 Å². The molecule has 6 nitrogen and oxygen atoms in total. The predicted molar refractivity (Wildman–Crippen MR) is 69.9 cm³/mol. The summed E-state index contributed by atoms with van der Waals surface area (Å²) in [7, 11) is 0. The maximum absolute atomic E-state index is 11.3. The van der Waals surface area contributed by atoms with E-state index in [2.05, 4.69) is 4.98 Å². The summed E-state index contributed by atoms with van der Waals surface area (Å²) in [5.74, 6) is -1.58. The molecule has 19 heavy (non-hydrogen) atoms. The van der Waals surface area contributed by atoms with Gasteiger partial charge in [-0.05, 0) is 25.8 Å². The lowest BCUT2D eigenvalue weighted by molar-refractivity contribution is -0.122. The van der Waals surface area contributed by atoms with Crippen LogP contribution in [0.2, 0.25) is 0 Å².